The predicted octanol–water partition coefficient (Wildman–Crippen LogP) is 23.5. The van der Waals surface area contributed by atoms with E-state index in [0.717, 1.165) is 51.4 Å². The van der Waals surface area contributed by atoms with Gasteiger partial charge in [-0.15, -0.1) is 0 Å². The number of nitrogens with one attached hydrogen (secondary N) is 1. The molecular formula is C76H147N2O6P. The zero-order valence-electron chi connectivity index (χ0n) is 57.6. The summed E-state index contributed by atoms with van der Waals surface area (Å²) in [5, 5.41) is 14.0. The highest BCUT2D eigenvalue weighted by molar-refractivity contribution is 7.45. The second kappa shape index (κ2) is 66.9. The van der Waals surface area contributed by atoms with Gasteiger partial charge in [0.2, 0.25) is 5.91 Å². The van der Waals surface area contributed by atoms with Crippen molar-refractivity contribution in [1.82, 2.24) is 5.32 Å². The van der Waals surface area contributed by atoms with E-state index in [2.05, 4.69) is 55.6 Å². The fourth-order valence-corrected chi connectivity index (χ4v) is 12.2. The van der Waals surface area contributed by atoms with Crippen LogP contribution in [0.1, 0.15) is 380 Å². The second-order valence-electron chi connectivity index (χ2n) is 27.0. The Morgan fingerprint density at radius 2 is 0.682 bits per heavy atom. The number of nitrogens with zero attached hydrogens (tertiary/aromatic N) is 1. The van der Waals surface area contributed by atoms with Crippen LogP contribution in [-0.4, -0.2) is 68.5 Å². The molecule has 0 fully saturated rings. The monoisotopic (exact) mass is 1220 g/mol. The number of rotatable bonds is 70. The van der Waals surface area contributed by atoms with Crippen molar-refractivity contribution in [3.8, 4) is 0 Å². The largest absolute Gasteiger partial charge is 0.756 e. The van der Waals surface area contributed by atoms with E-state index < -0.39 is 20.0 Å². The summed E-state index contributed by atoms with van der Waals surface area (Å²) in [5.74, 6) is -0.191. The van der Waals surface area contributed by atoms with Gasteiger partial charge in [0.25, 0.3) is 7.82 Å². The molecule has 0 aromatic rings. The number of quaternary nitrogens is 1. The number of hydrogen-bond acceptors (Lipinski definition) is 6. The van der Waals surface area contributed by atoms with E-state index in [1.807, 2.05) is 27.2 Å². The van der Waals surface area contributed by atoms with Crippen molar-refractivity contribution in [3.05, 3.63) is 48.6 Å². The fourth-order valence-electron chi connectivity index (χ4n) is 11.5. The number of allylic oxidation sites excluding steroid dienone is 7. The molecule has 0 aliphatic carbocycles. The molecule has 0 spiro atoms. The molecule has 0 aliphatic heterocycles. The minimum absolute atomic E-state index is 0.000239. The molecule has 502 valence electrons. The van der Waals surface area contributed by atoms with Crippen LogP contribution in [0, 0.1) is 0 Å². The van der Waals surface area contributed by atoms with Crippen LogP contribution in [0.3, 0.4) is 0 Å². The molecule has 8 nitrogen and oxygen atoms in total. The summed E-state index contributed by atoms with van der Waals surface area (Å²) in [6.07, 6.45) is 91.1. The van der Waals surface area contributed by atoms with Crippen LogP contribution in [-0.2, 0) is 18.4 Å². The molecule has 0 aromatic heterocycles. The van der Waals surface area contributed by atoms with Gasteiger partial charge in [-0.3, -0.25) is 9.36 Å². The van der Waals surface area contributed by atoms with E-state index in [0.29, 0.717) is 17.4 Å². The van der Waals surface area contributed by atoms with E-state index in [1.54, 1.807) is 6.08 Å². The first-order valence-corrected chi connectivity index (χ1v) is 39.0. The first-order chi connectivity index (χ1) is 41.5. The number of aliphatic hydroxyl groups is 1. The number of phosphoric ester groups is 1. The summed E-state index contributed by atoms with van der Waals surface area (Å²) >= 11 is 0. The molecule has 2 N–H and O–H groups in total. The Balaban J connectivity index is 4.01. The number of carbonyl (C=O) groups is 1. The summed E-state index contributed by atoms with van der Waals surface area (Å²) in [6.45, 7) is 4.70. The van der Waals surface area contributed by atoms with Crippen LogP contribution in [0.15, 0.2) is 48.6 Å². The lowest BCUT2D eigenvalue weighted by molar-refractivity contribution is -0.870. The van der Waals surface area contributed by atoms with Crippen molar-refractivity contribution in [2.75, 3.05) is 40.9 Å². The Kier molecular flexibility index (Phi) is 65.7. The van der Waals surface area contributed by atoms with Crippen molar-refractivity contribution in [1.29, 1.82) is 0 Å². The van der Waals surface area contributed by atoms with Crippen LogP contribution in [0.2, 0.25) is 0 Å². The lowest BCUT2D eigenvalue weighted by atomic mass is 10.0. The Labute approximate surface area is 530 Å². The smallest absolute Gasteiger partial charge is 0.268 e. The fraction of sp³-hybridized carbons (Fsp3) is 0.882. The van der Waals surface area contributed by atoms with Gasteiger partial charge in [-0.25, -0.2) is 0 Å². The lowest BCUT2D eigenvalue weighted by Crippen LogP contribution is -2.45. The summed E-state index contributed by atoms with van der Waals surface area (Å²) in [4.78, 5) is 25.7. The number of hydrogen-bond donors (Lipinski definition) is 2. The maximum atomic E-state index is 13.1. The van der Waals surface area contributed by atoms with Crippen molar-refractivity contribution in [3.63, 3.8) is 0 Å². The van der Waals surface area contributed by atoms with Crippen LogP contribution in [0.5, 0.6) is 0 Å². The third kappa shape index (κ3) is 69.8. The highest BCUT2D eigenvalue weighted by atomic mass is 31.2. The zero-order chi connectivity index (χ0) is 61.9. The third-order valence-electron chi connectivity index (χ3n) is 17.3. The first-order valence-electron chi connectivity index (χ1n) is 37.5. The Morgan fingerprint density at radius 3 is 0.988 bits per heavy atom. The normalized spacial score (nSPS) is 13.8. The van der Waals surface area contributed by atoms with Gasteiger partial charge in [0.15, 0.2) is 0 Å². The number of carbonyl (C=O) groups excluding carboxylic acids is 1. The quantitative estimate of drug-likeness (QED) is 0.0272. The molecule has 9 heteroatoms. The van der Waals surface area contributed by atoms with E-state index in [4.69, 9.17) is 9.05 Å². The molecule has 0 aliphatic rings. The number of amides is 1. The summed E-state index contributed by atoms with van der Waals surface area (Å²) in [7, 11) is 1.28. The molecule has 0 saturated carbocycles. The molecule has 0 heterocycles. The number of likely N-dealkylation sites (N-methyl/N-ethyl adjacent to an activating group) is 1. The molecule has 0 aromatic carbocycles. The van der Waals surface area contributed by atoms with Crippen molar-refractivity contribution in [2.45, 2.75) is 392 Å². The second-order valence-corrected chi connectivity index (χ2v) is 28.4. The van der Waals surface area contributed by atoms with Crippen molar-refractivity contribution in [2.24, 2.45) is 0 Å². The minimum Gasteiger partial charge on any atom is -0.756 e. The highest BCUT2D eigenvalue weighted by Crippen LogP contribution is 2.38. The molecule has 0 bridgehead atoms. The Morgan fingerprint density at radius 1 is 0.412 bits per heavy atom. The van der Waals surface area contributed by atoms with Crippen molar-refractivity contribution < 1.29 is 32.9 Å². The van der Waals surface area contributed by atoms with Gasteiger partial charge in [0.1, 0.15) is 13.2 Å². The van der Waals surface area contributed by atoms with Gasteiger partial charge in [0.05, 0.1) is 39.9 Å². The molecule has 3 unspecified atom stereocenters. The SMILES string of the molecule is CCCCCCC/C=C\C/C=C\C/C=C\CCCCCCCCCCCCCCCCCCCCC(=O)NC(COP(=O)([O-])OCC[N+](C)(C)C)C(O)/C=C/CCCCCCCCCCCCCCCCCCCCCCCCCCCCCC. The Bertz CT molecular complexity index is 1530. The molecule has 3 atom stereocenters. The average Bonchev–Trinajstić information content (AvgIpc) is 3.49. The van der Waals surface area contributed by atoms with Gasteiger partial charge >= 0.3 is 0 Å². The highest BCUT2D eigenvalue weighted by Gasteiger charge is 2.23. The van der Waals surface area contributed by atoms with Crippen molar-refractivity contribution >= 4 is 13.7 Å². The average molecular weight is 1220 g/mol. The molecule has 0 radical (unpaired) electrons. The number of phosphoric acid groups is 1. The molecular weight excluding hydrogens is 1070 g/mol. The minimum atomic E-state index is -4.61. The van der Waals surface area contributed by atoms with Crippen LogP contribution in [0.4, 0.5) is 0 Å². The molecule has 1 amide bonds. The maximum absolute atomic E-state index is 13.1. The molecule has 0 rings (SSSR count). The third-order valence-corrected chi connectivity index (χ3v) is 18.2. The van der Waals surface area contributed by atoms with Gasteiger partial charge in [-0.05, 0) is 57.8 Å². The van der Waals surface area contributed by atoms with Gasteiger partial charge in [0, 0.05) is 6.42 Å². The van der Waals surface area contributed by atoms with Crippen LogP contribution < -0.4 is 10.2 Å². The topological polar surface area (TPSA) is 108 Å². The predicted molar refractivity (Wildman–Crippen MR) is 371 cm³/mol. The van der Waals surface area contributed by atoms with Crippen LogP contribution >= 0.6 is 7.82 Å². The first kappa shape index (κ1) is 83.5. The van der Waals surface area contributed by atoms with Crippen LogP contribution in [0.25, 0.3) is 0 Å². The summed E-state index contributed by atoms with van der Waals surface area (Å²) < 4.78 is 23.5. The van der Waals surface area contributed by atoms with Gasteiger partial charge in [-0.2, -0.15) is 0 Å². The number of unbranched alkanes of at least 4 members (excludes halogenated alkanes) is 51. The summed E-state index contributed by atoms with van der Waals surface area (Å²) in [6, 6.07) is -0.888. The molecule has 0 saturated heterocycles. The Hall–Kier alpha value is -1.54. The maximum Gasteiger partial charge on any atom is 0.268 e. The van der Waals surface area contributed by atoms with Gasteiger partial charge < -0.3 is 28.8 Å². The van der Waals surface area contributed by atoms with E-state index in [-0.39, 0.29) is 19.1 Å². The number of aliphatic hydroxyl groups excluding tert-OH is 1. The molecule has 85 heavy (non-hydrogen) atoms. The van der Waals surface area contributed by atoms with E-state index >= 15 is 0 Å². The lowest BCUT2D eigenvalue weighted by Gasteiger charge is -2.29. The standard InChI is InChI=1S/C76H147N2O6P/c1-6-8-10-12-14-16-18-20-22-24-26-28-30-32-34-36-38-39-40-42-44-46-48-50-52-54-56-58-60-62-64-66-68-70-76(80)77-74(73-84-85(81,82)83-72-71-78(3,4)5)75(79)69-67-65-63-61-59-57-55-53-51-49-47-45-43-41-37-35-33-31-29-27-25-23-21-19-17-15-13-11-9-7-2/h18,20,24,26,30,32,67,69,74-75,79H,6-17,19,21-23,25,27-29,31,33-66,68,70-73H2,1-5H3,(H-,77,80,81,82)/b20-18-,26-24-,32-30-,69-67+. The van der Waals surface area contributed by atoms with Gasteiger partial charge in [-0.1, -0.05) is 364 Å². The van der Waals surface area contributed by atoms with E-state index in [9.17, 15) is 19.4 Å². The summed E-state index contributed by atoms with van der Waals surface area (Å²) in [5.41, 5.74) is 0. The van der Waals surface area contributed by atoms with E-state index in [1.165, 1.54) is 308 Å². The zero-order valence-corrected chi connectivity index (χ0v) is 58.5.